The zero-order chi connectivity index (χ0) is 15.4. The number of nitrogens with one attached hydrogen (secondary N) is 1. The normalized spacial score (nSPS) is 12.9. The number of benzene rings is 1. The van der Waals surface area contributed by atoms with Gasteiger partial charge in [-0.25, -0.2) is 4.98 Å². The van der Waals surface area contributed by atoms with E-state index in [4.69, 9.17) is 11.6 Å². The first-order chi connectivity index (χ1) is 9.95. The van der Waals surface area contributed by atoms with Crippen LogP contribution in [-0.4, -0.2) is 17.6 Å². The Hall–Kier alpha value is -0.900. The molecule has 0 aliphatic rings. The van der Waals surface area contributed by atoms with Gasteiger partial charge in [0.15, 0.2) is 0 Å². The maximum absolute atomic E-state index is 6.00. The second-order valence-corrected chi connectivity index (χ2v) is 7.49. The van der Waals surface area contributed by atoms with E-state index >= 15 is 0 Å². The summed E-state index contributed by atoms with van der Waals surface area (Å²) in [6, 6.07) is 8.68. The third-order valence-electron chi connectivity index (χ3n) is 3.61. The van der Waals surface area contributed by atoms with Crippen molar-refractivity contribution in [1.82, 2.24) is 10.3 Å². The molecule has 0 bridgehead atoms. The van der Waals surface area contributed by atoms with E-state index in [1.165, 1.54) is 15.4 Å². The van der Waals surface area contributed by atoms with Gasteiger partial charge in [-0.05, 0) is 31.5 Å². The molecule has 0 spiro atoms. The molecule has 21 heavy (non-hydrogen) atoms. The van der Waals surface area contributed by atoms with E-state index in [0.717, 1.165) is 23.7 Å². The van der Waals surface area contributed by atoms with Crippen molar-refractivity contribution in [3.05, 3.63) is 50.4 Å². The fourth-order valence-corrected chi connectivity index (χ4v) is 3.40. The van der Waals surface area contributed by atoms with Gasteiger partial charge >= 0.3 is 0 Å². The van der Waals surface area contributed by atoms with Crippen LogP contribution in [0.3, 0.4) is 0 Å². The minimum atomic E-state index is 0.426. The maximum Gasteiger partial charge on any atom is 0.0937 e. The molecule has 1 aromatic heterocycles. The van der Waals surface area contributed by atoms with E-state index in [1.54, 1.807) is 0 Å². The van der Waals surface area contributed by atoms with Crippen molar-refractivity contribution >= 4 is 22.9 Å². The molecule has 0 aliphatic heterocycles. The molecule has 0 saturated carbocycles. The van der Waals surface area contributed by atoms with Crippen LogP contribution in [0.15, 0.2) is 24.3 Å². The predicted octanol–water partition coefficient (Wildman–Crippen LogP) is 4.74. The number of halogens is 1. The Balaban J connectivity index is 2.16. The number of nitrogens with zero attached hydrogens (tertiary/aromatic N) is 1. The maximum atomic E-state index is 6.00. The number of aromatic nitrogens is 1. The predicted molar refractivity (Wildman–Crippen MR) is 92.6 cm³/mol. The Morgan fingerprint density at radius 2 is 1.86 bits per heavy atom. The van der Waals surface area contributed by atoms with Gasteiger partial charge in [0.05, 0.1) is 10.7 Å². The lowest BCUT2D eigenvalue weighted by Gasteiger charge is -2.19. The average molecular weight is 323 g/mol. The molecule has 0 amide bonds. The van der Waals surface area contributed by atoms with Crippen molar-refractivity contribution in [3.63, 3.8) is 0 Å². The zero-order valence-corrected chi connectivity index (χ0v) is 14.7. The van der Waals surface area contributed by atoms with Crippen LogP contribution in [0, 0.1) is 13.8 Å². The molecular weight excluding hydrogens is 300 g/mol. The van der Waals surface area contributed by atoms with E-state index in [2.05, 4.69) is 50.1 Å². The van der Waals surface area contributed by atoms with Gasteiger partial charge in [0.1, 0.15) is 0 Å². The Morgan fingerprint density at radius 1 is 1.19 bits per heavy atom. The van der Waals surface area contributed by atoms with Crippen LogP contribution in [0.5, 0.6) is 0 Å². The van der Waals surface area contributed by atoms with E-state index in [0.29, 0.717) is 12.0 Å². The molecule has 1 atom stereocenters. The van der Waals surface area contributed by atoms with Crippen molar-refractivity contribution in [2.24, 2.45) is 0 Å². The quantitative estimate of drug-likeness (QED) is 0.831. The Morgan fingerprint density at radius 3 is 2.38 bits per heavy atom. The van der Waals surface area contributed by atoms with E-state index in [1.807, 2.05) is 23.5 Å². The summed E-state index contributed by atoms with van der Waals surface area (Å²) in [7, 11) is 0. The van der Waals surface area contributed by atoms with Crippen molar-refractivity contribution in [2.75, 3.05) is 6.54 Å². The second kappa shape index (κ2) is 7.39. The molecule has 0 saturated heterocycles. The smallest absolute Gasteiger partial charge is 0.0937 e. The Bertz CT molecular complexity index is 555. The first-order valence-corrected chi connectivity index (χ1v) is 8.57. The average Bonchev–Trinajstić information content (AvgIpc) is 2.74. The van der Waals surface area contributed by atoms with Crippen LogP contribution in [0.2, 0.25) is 5.02 Å². The number of hydrogen-bond donors (Lipinski definition) is 1. The summed E-state index contributed by atoms with van der Waals surface area (Å²) in [4.78, 5) is 6.00. The van der Waals surface area contributed by atoms with Gasteiger partial charge in [-0.2, -0.15) is 0 Å². The van der Waals surface area contributed by atoms with E-state index < -0.39 is 0 Å². The van der Waals surface area contributed by atoms with Crippen LogP contribution in [0.4, 0.5) is 0 Å². The molecule has 1 heterocycles. The van der Waals surface area contributed by atoms with Crippen LogP contribution >= 0.6 is 22.9 Å². The number of aryl methyl sites for hydroxylation is 2. The second-order valence-electron chi connectivity index (χ2n) is 5.76. The van der Waals surface area contributed by atoms with Crippen molar-refractivity contribution in [1.29, 1.82) is 0 Å². The number of thiazole rings is 1. The van der Waals surface area contributed by atoms with Gasteiger partial charge in [-0.15, -0.1) is 11.3 Å². The summed E-state index contributed by atoms with van der Waals surface area (Å²) in [6.45, 7) is 9.53. The molecule has 2 nitrogen and oxygen atoms in total. The monoisotopic (exact) mass is 322 g/mol. The summed E-state index contributed by atoms with van der Waals surface area (Å²) in [5.74, 6) is 0.426. The molecule has 0 radical (unpaired) electrons. The lowest BCUT2D eigenvalue weighted by molar-refractivity contribution is 0.526. The standard InChI is InChI=1S/C17H23ClN2S/c1-11(2)19-10-15(14-5-7-16(18)8-6-14)9-17-20-12(3)13(4)21-17/h5-8,11,15,19H,9-10H2,1-4H3. The highest BCUT2D eigenvalue weighted by molar-refractivity contribution is 7.11. The number of hydrogen-bond acceptors (Lipinski definition) is 3. The van der Waals surface area contributed by atoms with Gasteiger partial charge in [0.25, 0.3) is 0 Å². The van der Waals surface area contributed by atoms with Crippen molar-refractivity contribution in [2.45, 2.75) is 46.1 Å². The lowest BCUT2D eigenvalue weighted by atomic mass is 9.95. The molecule has 1 aromatic carbocycles. The number of rotatable bonds is 6. The van der Waals surface area contributed by atoms with Gasteiger partial charge < -0.3 is 5.32 Å². The van der Waals surface area contributed by atoms with Gasteiger partial charge in [-0.1, -0.05) is 37.6 Å². The van der Waals surface area contributed by atoms with E-state index in [9.17, 15) is 0 Å². The molecule has 2 aromatic rings. The first kappa shape index (κ1) is 16.5. The summed E-state index contributed by atoms with van der Waals surface area (Å²) in [6.07, 6.45) is 0.973. The Kier molecular flexibility index (Phi) is 5.80. The highest BCUT2D eigenvalue weighted by atomic mass is 35.5. The zero-order valence-electron chi connectivity index (χ0n) is 13.1. The molecule has 0 aliphatic carbocycles. The largest absolute Gasteiger partial charge is 0.314 e. The Labute approximate surface area is 136 Å². The SMILES string of the molecule is Cc1nc(CC(CNC(C)C)c2ccc(Cl)cc2)sc1C. The molecule has 114 valence electrons. The molecule has 4 heteroatoms. The van der Waals surface area contributed by atoms with Crippen LogP contribution in [0.25, 0.3) is 0 Å². The fourth-order valence-electron chi connectivity index (χ4n) is 2.26. The van der Waals surface area contributed by atoms with Crippen LogP contribution in [-0.2, 0) is 6.42 Å². The minimum absolute atomic E-state index is 0.426. The lowest BCUT2D eigenvalue weighted by Crippen LogP contribution is -2.28. The molecule has 0 fully saturated rings. The molecule has 1 unspecified atom stereocenters. The van der Waals surface area contributed by atoms with Gasteiger partial charge in [-0.3, -0.25) is 0 Å². The minimum Gasteiger partial charge on any atom is -0.314 e. The van der Waals surface area contributed by atoms with Crippen molar-refractivity contribution in [3.8, 4) is 0 Å². The fraction of sp³-hybridized carbons (Fsp3) is 0.471. The molecule has 2 rings (SSSR count). The third-order valence-corrected chi connectivity index (χ3v) is 4.95. The summed E-state index contributed by atoms with van der Waals surface area (Å²) < 4.78 is 0. The summed E-state index contributed by atoms with van der Waals surface area (Å²) in [5.41, 5.74) is 2.47. The summed E-state index contributed by atoms with van der Waals surface area (Å²) in [5, 5.41) is 5.55. The molecule has 1 N–H and O–H groups in total. The van der Waals surface area contributed by atoms with Gasteiger partial charge in [0.2, 0.25) is 0 Å². The van der Waals surface area contributed by atoms with Crippen molar-refractivity contribution < 1.29 is 0 Å². The van der Waals surface area contributed by atoms with Crippen LogP contribution in [0.1, 0.15) is 40.9 Å². The first-order valence-electron chi connectivity index (χ1n) is 7.37. The highest BCUT2D eigenvalue weighted by Gasteiger charge is 2.16. The highest BCUT2D eigenvalue weighted by Crippen LogP contribution is 2.26. The topological polar surface area (TPSA) is 24.9 Å². The molecular formula is C17H23ClN2S. The van der Waals surface area contributed by atoms with E-state index in [-0.39, 0.29) is 0 Å². The third kappa shape index (κ3) is 4.80. The summed E-state index contributed by atoms with van der Waals surface area (Å²) >= 11 is 7.81. The van der Waals surface area contributed by atoms with Crippen LogP contribution < -0.4 is 5.32 Å². The van der Waals surface area contributed by atoms with Gasteiger partial charge in [0, 0.05) is 34.8 Å².